The normalized spacial score (nSPS) is 13.4. The van der Waals surface area contributed by atoms with E-state index in [2.05, 4.69) is 52.5 Å². The number of guanidine groups is 2. The number of nitrogens with one attached hydrogen (secondary N) is 8. The molecule has 410 valence electrons. The minimum Gasteiger partial charge on any atom is -0.508 e. The van der Waals surface area contributed by atoms with Crippen LogP contribution < -0.4 is 65.5 Å². The first-order valence-electron chi connectivity index (χ1n) is 24.9. The average Bonchev–Trinajstić information content (AvgIpc) is 3.34. The predicted molar refractivity (Wildman–Crippen MR) is 283 cm³/mol. The summed E-state index contributed by atoms with van der Waals surface area (Å²) in [5.74, 6) is -5.41. The lowest BCUT2D eigenvalue weighted by molar-refractivity contribution is -0.143. The van der Waals surface area contributed by atoms with Crippen LogP contribution in [0.15, 0.2) is 64.6 Å². The van der Waals surface area contributed by atoms with E-state index >= 15 is 0 Å². The van der Waals surface area contributed by atoms with Gasteiger partial charge >= 0.3 is 0 Å². The number of benzene rings is 2. The van der Waals surface area contributed by atoms with E-state index in [1.165, 1.54) is 24.1 Å². The van der Waals surface area contributed by atoms with Crippen LogP contribution in [0.4, 0.5) is 0 Å². The molecular formula is C50H81N15O9. The van der Waals surface area contributed by atoms with Crippen LogP contribution in [-0.4, -0.2) is 152 Å². The van der Waals surface area contributed by atoms with Gasteiger partial charge < -0.3 is 75.5 Å². The number of nitrogens with two attached hydrogens (primary N) is 4. The van der Waals surface area contributed by atoms with Gasteiger partial charge in [-0.2, -0.15) is 0 Å². The van der Waals surface area contributed by atoms with E-state index in [-0.39, 0.29) is 93.4 Å². The maximum Gasteiger partial charge on any atom is 0.245 e. The number of nitrogens with zero attached hydrogens (tertiary/aromatic N) is 3. The number of likely N-dealkylation sites (N-methyl/N-ethyl adjacent to an activating group) is 3. The van der Waals surface area contributed by atoms with Crippen LogP contribution in [0, 0.1) is 11.8 Å². The number of carbonyl (C=O) groups is 8. The number of amides is 8. The molecule has 2 rings (SSSR count). The van der Waals surface area contributed by atoms with E-state index in [4.69, 9.17) is 22.9 Å². The molecule has 2 aromatic carbocycles. The molecular weight excluding hydrogens is 955 g/mol. The molecule has 8 amide bonds. The third kappa shape index (κ3) is 24.3. The van der Waals surface area contributed by atoms with Gasteiger partial charge in [0.1, 0.15) is 36.0 Å². The summed E-state index contributed by atoms with van der Waals surface area (Å²) in [7, 11) is 3.00. The number of aromatic hydroxyl groups is 1. The van der Waals surface area contributed by atoms with E-state index in [0.29, 0.717) is 18.5 Å². The Bertz CT molecular complexity index is 2180. The molecule has 0 spiro atoms. The Kier molecular flexibility index (Phi) is 28.2. The van der Waals surface area contributed by atoms with Gasteiger partial charge in [0, 0.05) is 33.1 Å². The second-order valence-corrected chi connectivity index (χ2v) is 18.7. The van der Waals surface area contributed by atoms with Gasteiger partial charge in [0.15, 0.2) is 11.9 Å². The largest absolute Gasteiger partial charge is 0.508 e. The maximum absolute atomic E-state index is 14.6. The van der Waals surface area contributed by atoms with Gasteiger partial charge in [0.2, 0.25) is 47.3 Å². The van der Waals surface area contributed by atoms with Crippen LogP contribution in [0.3, 0.4) is 0 Å². The van der Waals surface area contributed by atoms with Gasteiger partial charge in [-0.3, -0.25) is 48.3 Å². The lowest BCUT2D eigenvalue weighted by Crippen LogP contribution is -2.60. The monoisotopic (exact) mass is 1040 g/mol. The fraction of sp³-hybridized carbons (Fsp3) is 0.560. The molecule has 0 aliphatic rings. The van der Waals surface area contributed by atoms with Crippen LogP contribution in [0.2, 0.25) is 0 Å². The zero-order chi connectivity index (χ0) is 55.3. The maximum atomic E-state index is 14.6. The Balaban J connectivity index is 2.36. The quantitative estimate of drug-likeness (QED) is 0.0211. The molecule has 74 heavy (non-hydrogen) atoms. The predicted octanol–water partition coefficient (Wildman–Crippen LogP) is -1.90. The highest BCUT2D eigenvalue weighted by Crippen LogP contribution is 2.16. The number of hydrogen-bond acceptors (Lipinski definition) is 12. The third-order valence-corrected chi connectivity index (χ3v) is 11.5. The first-order chi connectivity index (χ1) is 35.0. The lowest BCUT2D eigenvalue weighted by atomic mass is 9.99. The molecule has 0 unspecified atom stereocenters. The van der Waals surface area contributed by atoms with Crippen molar-refractivity contribution >= 4 is 59.2 Å². The number of aliphatic imine (C=N–C) groups is 2. The number of phenols is 1. The smallest absolute Gasteiger partial charge is 0.245 e. The van der Waals surface area contributed by atoms with E-state index < -0.39 is 90.7 Å². The summed E-state index contributed by atoms with van der Waals surface area (Å²) in [6.07, 6.45) is 1.24. The van der Waals surface area contributed by atoms with E-state index in [1.807, 2.05) is 27.7 Å². The molecule has 24 nitrogen and oxygen atoms in total. The van der Waals surface area contributed by atoms with Crippen LogP contribution in [-0.2, 0) is 51.2 Å². The van der Waals surface area contributed by atoms with Crippen molar-refractivity contribution in [1.29, 1.82) is 0 Å². The molecule has 24 heteroatoms. The second kappa shape index (κ2) is 33.3. The number of rotatable bonds is 33. The molecule has 0 aliphatic carbocycles. The minimum absolute atomic E-state index is 0.00320. The van der Waals surface area contributed by atoms with Crippen LogP contribution >= 0.6 is 0 Å². The van der Waals surface area contributed by atoms with Crippen LogP contribution in [0.1, 0.15) is 84.3 Å². The summed E-state index contributed by atoms with van der Waals surface area (Å²) < 4.78 is 0. The molecule has 0 aliphatic heterocycles. The van der Waals surface area contributed by atoms with Gasteiger partial charge in [-0.25, -0.2) is 0 Å². The fourth-order valence-electron chi connectivity index (χ4n) is 7.70. The van der Waals surface area contributed by atoms with E-state index in [0.717, 1.165) is 5.56 Å². The van der Waals surface area contributed by atoms with Crippen molar-refractivity contribution in [3.63, 3.8) is 0 Å². The summed E-state index contributed by atoms with van der Waals surface area (Å²) in [4.78, 5) is 119. The lowest BCUT2D eigenvalue weighted by Gasteiger charge is -2.33. The molecule has 0 saturated heterocycles. The molecule has 0 radical (unpaired) electrons. The summed E-state index contributed by atoms with van der Waals surface area (Å²) in [5.41, 5.74) is 23.6. The van der Waals surface area contributed by atoms with E-state index in [9.17, 15) is 43.5 Å². The van der Waals surface area contributed by atoms with Gasteiger partial charge in [0.05, 0.1) is 19.1 Å². The van der Waals surface area contributed by atoms with Crippen molar-refractivity contribution in [2.24, 2.45) is 44.8 Å². The highest BCUT2D eigenvalue weighted by molar-refractivity contribution is 5.97. The SMILES string of the molecule is CCNC(=O)[C@H](CC(C)C)NC(=O)[C@H](CCCN=C(N)N)N(C)C(=O)[C@H](CCCN=C(N)N)NC(=O)[C@H](CC(C)C)NC(=O)[C@@H](Cc1ccccc1)NC(=O)CNC(=O)CNC(=O)[C@H](Cc1ccc(O)cc1)NC. The highest BCUT2D eigenvalue weighted by Gasteiger charge is 2.36. The average molecular weight is 1040 g/mol. The fourth-order valence-corrected chi connectivity index (χ4v) is 7.70. The summed E-state index contributed by atoms with van der Waals surface area (Å²) in [6, 6.07) is 8.64. The molecule has 0 bridgehead atoms. The summed E-state index contributed by atoms with van der Waals surface area (Å²) >= 11 is 0. The third-order valence-electron chi connectivity index (χ3n) is 11.5. The Hall–Kier alpha value is -7.50. The molecule has 0 fully saturated rings. The van der Waals surface area contributed by atoms with Gasteiger partial charge in [-0.05, 0) is 94.0 Å². The van der Waals surface area contributed by atoms with Crippen molar-refractivity contribution in [3.05, 3.63) is 65.7 Å². The topological polar surface area (TPSA) is 385 Å². The molecule has 17 N–H and O–H groups in total. The zero-order valence-electron chi connectivity index (χ0n) is 43.9. The minimum atomic E-state index is -1.27. The zero-order valence-corrected chi connectivity index (χ0v) is 43.9. The molecule has 6 atom stereocenters. The van der Waals surface area contributed by atoms with E-state index in [1.54, 1.807) is 56.4 Å². The van der Waals surface area contributed by atoms with Crippen LogP contribution in [0.5, 0.6) is 5.75 Å². The van der Waals surface area contributed by atoms with Crippen molar-refractivity contribution in [2.75, 3.05) is 46.8 Å². The summed E-state index contributed by atoms with van der Waals surface area (Å²) in [5, 5.41) is 31.2. The number of phenolic OH excluding ortho intramolecular Hbond substituents is 1. The van der Waals surface area contributed by atoms with Crippen molar-refractivity contribution < 1.29 is 43.5 Å². The molecule has 0 aromatic heterocycles. The molecule has 0 saturated carbocycles. The first-order valence-corrected chi connectivity index (χ1v) is 24.9. The Morgan fingerprint density at radius 3 is 1.61 bits per heavy atom. The van der Waals surface area contributed by atoms with Crippen molar-refractivity contribution in [1.82, 2.24) is 47.4 Å². The standard InChI is InChI=1S/C50H81N15O9/c1-8-56-44(70)37(24-30(2)3)64-47(73)40(17-13-23-58-50(53)54)65(7)48(74)35(16-12-22-57-49(51)52)62-45(71)38(25-31(4)5)63-46(72)39(27-32-14-10-9-11-15-32)61-42(68)29-59-41(67)28-60-43(69)36(55-6)26-33-18-20-34(66)21-19-33/h9-11,14-15,18-21,30-31,35-40,55,66H,8,12-13,16-17,22-29H2,1-7H3,(H,56,70)(H,59,67)(H,60,69)(H,61,68)(H,62,71)(H,63,72)(H,64,73)(H4,51,52,57)(H4,53,54,58)/t35-,36-,37-,38-,39+,40-/m0/s1. The second-order valence-electron chi connectivity index (χ2n) is 18.7. The number of hydrogen-bond donors (Lipinski definition) is 13. The van der Waals surface area contributed by atoms with Crippen LogP contribution in [0.25, 0.3) is 0 Å². The molecule has 0 heterocycles. The Labute approximate surface area is 434 Å². The molecule has 2 aromatic rings. The van der Waals surface area contributed by atoms with Gasteiger partial charge in [-0.1, -0.05) is 70.2 Å². The number of carbonyl (C=O) groups excluding carboxylic acids is 8. The van der Waals surface area contributed by atoms with Crippen molar-refractivity contribution in [3.8, 4) is 5.75 Å². The van der Waals surface area contributed by atoms with Gasteiger partial charge in [0.25, 0.3) is 0 Å². The first kappa shape index (κ1) is 62.6. The summed E-state index contributed by atoms with van der Waals surface area (Å²) in [6.45, 7) is 8.80. The highest BCUT2D eigenvalue weighted by atomic mass is 16.3. The Morgan fingerprint density at radius 1 is 0.568 bits per heavy atom. The van der Waals surface area contributed by atoms with Gasteiger partial charge in [-0.15, -0.1) is 0 Å². The van der Waals surface area contributed by atoms with Crippen molar-refractivity contribution in [2.45, 2.75) is 122 Å². The Morgan fingerprint density at radius 2 is 1.05 bits per heavy atom.